The molecule has 0 saturated carbocycles. The number of nitrogen functional groups attached to an aromatic ring is 1. The molecule has 28 heavy (non-hydrogen) atoms. The van der Waals surface area contributed by atoms with Crippen molar-refractivity contribution in [3.63, 3.8) is 0 Å². The molecular formula is C13H23N3O11S. The van der Waals surface area contributed by atoms with Crippen molar-refractivity contribution in [3.8, 4) is 0 Å². The molecule has 3 rings (SSSR count). The molecule has 162 valence electrons. The normalized spacial score (nSPS) is 17.3. The Morgan fingerprint density at radius 1 is 1.07 bits per heavy atom. The number of imide groups is 1. The fourth-order valence-electron chi connectivity index (χ4n) is 2.61. The first-order valence-corrected chi connectivity index (χ1v) is 8.19. The van der Waals surface area contributed by atoms with E-state index in [2.05, 4.69) is 5.32 Å². The lowest BCUT2D eigenvalue weighted by atomic mass is 10.0. The zero-order valence-electron chi connectivity index (χ0n) is 14.3. The Morgan fingerprint density at radius 2 is 1.61 bits per heavy atom. The van der Waals surface area contributed by atoms with Crippen LogP contribution in [0.3, 0.4) is 0 Å². The number of piperidine rings is 1. The zero-order chi connectivity index (χ0) is 18.1. The number of benzene rings is 1. The van der Waals surface area contributed by atoms with Gasteiger partial charge in [0.15, 0.2) is 0 Å². The highest BCUT2D eigenvalue weighted by Gasteiger charge is 2.39. The lowest BCUT2D eigenvalue weighted by Crippen LogP contribution is -2.52. The molecule has 1 atom stereocenters. The number of nitrogens with one attached hydrogen (secondary N) is 1. The van der Waals surface area contributed by atoms with Crippen molar-refractivity contribution in [3.05, 3.63) is 29.3 Å². The number of nitrogens with zero attached hydrogens (tertiary/aromatic N) is 1. The van der Waals surface area contributed by atoms with Gasteiger partial charge in [0.05, 0.1) is 0 Å². The topological polar surface area (TPSA) is 293 Å². The molecule has 14 nitrogen and oxygen atoms in total. The minimum Gasteiger partial charge on any atom is -0.412 e. The van der Waals surface area contributed by atoms with Gasteiger partial charge in [-0.3, -0.25) is 28.8 Å². The lowest BCUT2D eigenvalue weighted by molar-refractivity contribution is -0.136. The second-order valence-electron chi connectivity index (χ2n) is 5.22. The third kappa shape index (κ3) is 7.16. The maximum atomic E-state index is 12.3. The monoisotopic (exact) mass is 429 g/mol. The molecule has 1 saturated heterocycles. The third-order valence-electron chi connectivity index (χ3n) is 3.62. The Kier molecular flexibility index (Phi) is 12.1. The standard InChI is InChI=1S/C13H13N3O3.H2O4S.4H2O/c14-9-3-1-2-7-8(9)6-16(13(7)19)10-4-5-11(17)15-12(10)18;1-5(2,3)4;;;;/h1-3,10H,4-6,14H2,(H,15,17,18);(H2,1,2,3,4);4*1H2. The van der Waals surface area contributed by atoms with Gasteiger partial charge in [0.2, 0.25) is 11.8 Å². The molecule has 3 amide bonds. The minimum atomic E-state index is -4.67. The molecule has 13 N–H and O–H groups in total. The number of hydrogen-bond acceptors (Lipinski definition) is 6. The van der Waals surface area contributed by atoms with Gasteiger partial charge in [-0.1, -0.05) is 6.07 Å². The summed E-state index contributed by atoms with van der Waals surface area (Å²) in [6.45, 7) is 0.327. The fraction of sp³-hybridized carbons (Fsp3) is 0.308. The van der Waals surface area contributed by atoms with Crippen LogP contribution in [0.25, 0.3) is 0 Å². The van der Waals surface area contributed by atoms with E-state index in [1.807, 2.05) is 0 Å². The van der Waals surface area contributed by atoms with Crippen LogP contribution in [0.5, 0.6) is 0 Å². The highest BCUT2D eigenvalue weighted by Crippen LogP contribution is 2.30. The van der Waals surface area contributed by atoms with Crippen molar-refractivity contribution in [2.75, 3.05) is 5.73 Å². The lowest BCUT2D eigenvalue weighted by Gasteiger charge is -2.29. The number of carbonyl (C=O) groups is 3. The van der Waals surface area contributed by atoms with E-state index in [-0.39, 0.29) is 40.1 Å². The number of amides is 3. The van der Waals surface area contributed by atoms with Gasteiger partial charge >= 0.3 is 10.4 Å². The van der Waals surface area contributed by atoms with E-state index in [4.69, 9.17) is 23.3 Å². The quantitative estimate of drug-likeness (QED) is 0.193. The molecular weight excluding hydrogens is 406 g/mol. The van der Waals surface area contributed by atoms with Crippen LogP contribution in [0.2, 0.25) is 0 Å². The number of fused-ring (bicyclic) bond motifs is 1. The number of rotatable bonds is 1. The SMILES string of the molecule is Nc1cccc2c1CN(C1CCC(=O)NC1=O)C2=O.O.O.O.O.O=S(=O)(O)O. The number of hydrogen-bond donors (Lipinski definition) is 4. The second kappa shape index (κ2) is 11.2. The summed E-state index contributed by atoms with van der Waals surface area (Å²) in [4.78, 5) is 36.7. The summed E-state index contributed by atoms with van der Waals surface area (Å²) in [7, 11) is -4.67. The largest absolute Gasteiger partial charge is 0.412 e. The van der Waals surface area contributed by atoms with E-state index in [1.54, 1.807) is 18.2 Å². The van der Waals surface area contributed by atoms with Gasteiger partial charge in [0.25, 0.3) is 5.91 Å². The van der Waals surface area contributed by atoms with Crippen LogP contribution >= 0.6 is 0 Å². The van der Waals surface area contributed by atoms with Crippen molar-refractivity contribution in [2.24, 2.45) is 0 Å². The summed E-state index contributed by atoms with van der Waals surface area (Å²) >= 11 is 0. The average molecular weight is 429 g/mol. The Balaban J connectivity index is -0.000000627. The third-order valence-corrected chi connectivity index (χ3v) is 3.62. The highest BCUT2D eigenvalue weighted by molar-refractivity contribution is 7.79. The van der Waals surface area contributed by atoms with Crippen molar-refractivity contribution in [1.29, 1.82) is 0 Å². The minimum absolute atomic E-state index is 0. The van der Waals surface area contributed by atoms with Crippen LogP contribution < -0.4 is 11.1 Å². The summed E-state index contributed by atoms with van der Waals surface area (Å²) in [6, 6.07) is 4.58. The molecule has 1 unspecified atom stereocenters. The molecule has 0 aliphatic carbocycles. The molecule has 15 heteroatoms. The maximum Gasteiger partial charge on any atom is 0.394 e. The summed E-state index contributed by atoms with van der Waals surface area (Å²) < 4.78 is 31.6. The maximum absolute atomic E-state index is 12.3. The molecule has 0 bridgehead atoms. The molecule has 2 heterocycles. The van der Waals surface area contributed by atoms with Gasteiger partial charge in [-0.2, -0.15) is 8.42 Å². The van der Waals surface area contributed by atoms with Crippen LogP contribution in [0, 0.1) is 0 Å². The van der Waals surface area contributed by atoms with Gasteiger partial charge in [0, 0.05) is 29.8 Å². The van der Waals surface area contributed by atoms with Crippen molar-refractivity contribution >= 4 is 33.8 Å². The first-order valence-electron chi connectivity index (χ1n) is 6.80. The van der Waals surface area contributed by atoms with E-state index in [1.165, 1.54) is 4.90 Å². The molecule has 0 aromatic heterocycles. The van der Waals surface area contributed by atoms with Crippen LogP contribution in [-0.4, -0.2) is 68.1 Å². The Bertz CT molecular complexity index is 804. The summed E-state index contributed by atoms with van der Waals surface area (Å²) in [5.74, 6) is -0.891. The van der Waals surface area contributed by atoms with Crippen molar-refractivity contribution in [2.45, 2.75) is 25.4 Å². The average Bonchev–Trinajstić information content (AvgIpc) is 2.76. The molecule has 2 aliphatic heterocycles. The predicted octanol–water partition coefficient (Wildman–Crippen LogP) is -3.92. The molecule has 2 aliphatic rings. The Hall–Kier alpha value is -2.66. The van der Waals surface area contributed by atoms with Gasteiger partial charge < -0.3 is 32.5 Å². The van der Waals surface area contributed by atoms with Gasteiger partial charge in [0.1, 0.15) is 6.04 Å². The summed E-state index contributed by atoms with van der Waals surface area (Å²) in [5, 5.41) is 2.27. The van der Waals surface area contributed by atoms with Crippen molar-refractivity contribution in [1.82, 2.24) is 10.2 Å². The van der Waals surface area contributed by atoms with E-state index in [9.17, 15) is 14.4 Å². The Labute approximate surface area is 159 Å². The van der Waals surface area contributed by atoms with Crippen LogP contribution in [0.15, 0.2) is 18.2 Å². The fourth-order valence-corrected chi connectivity index (χ4v) is 2.61. The van der Waals surface area contributed by atoms with Crippen LogP contribution in [0.4, 0.5) is 5.69 Å². The van der Waals surface area contributed by atoms with Gasteiger partial charge in [-0.05, 0) is 18.6 Å². The van der Waals surface area contributed by atoms with Gasteiger partial charge in [-0.25, -0.2) is 0 Å². The first-order chi connectivity index (χ1) is 11.1. The van der Waals surface area contributed by atoms with Crippen LogP contribution in [0.1, 0.15) is 28.8 Å². The van der Waals surface area contributed by atoms with E-state index >= 15 is 0 Å². The molecule has 1 aromatic carbocycles. The number of carbonyl (C=O) groups excluding carboxylic acids is 3. The highest BCUT2D eigenvalue weighted by atomic mass is 32.3. The smallest absolute Gasteiger partial charge is 0.394 e. The Morgan fingerprint density at radius 3 is 2.07 bits per heavy atom. The molecule has 1 fully saturated rings. The molecule has 0 spiro atoms. The summed E-state index contributed by atoms with van der Waals surface area (Å²) in [5.41, 5.74) is 7.71. The number of nitrogens with two attached hydrogens (primary N) is 1. The predicted molar refractivity (Wildman–Crippen MR) is 95.5 cm³/mol. The van der Waals surface area contributed by atoms with Crippen LogP contribution in [-0.2, 0) is 26.5 Å². The second-order valence-corrected chi connectivity index (χ2v) is 6.12. The van der Waals surface area contributed by atoms with Crippen molar-refractivity contribution < 1.29 is 53.8 Å². The first kappa shape index (κ1) is 30.1. The molecule has 1 aromatic rings. The van der Waals surface area contributed by atoms with Gasteiger partial charge in [-0.15, -0.1) is 0 Å². The van der Waals surface area contributed by atoms with E-state index in [0.717, 1.165) is 5.56 Å². The van der Waals surface area contributed by atoms with E-state index < -0.39 is 22.3 Å². The van der Waals surface area contributed by atoms with E-state index in [0.29, 0.717) is 24.2 Å². The summed E-state index contributed by atoms with van der Waals surface area (Å²) in [6.07, 6.45) is 0.621. The number of anilines is 1. The molecule has 0 radical (unpaired) electrons. The zero-order valence-corrected chi connectivity index (χ0v) is 15.1.